The lowest BCUT2D eigenvalue weighted by atomic mass is 10.1. The van der Waals surface area contributed by atoms with E-state index in [0.29, 0.717) is 35.0 Å². The number of anilines is 1. The monoisotopic (exact) mass is 538 g/mol. The minimum Gasteiger partial charge on any atom is -0.493 e. The van der Waals surface area contributed by atoms with Crippen LogP contribution in [0.15, 0.2) is 83.0 Å². The Bertz CT molecular complexity index is 1300. The molecule has 0 bridgehead atoms. The Labute approximate surface area is 197 Å². The molecule has 2 amide bonds. The van der Waals surface area contributed by atoms with Gasteiger partial charge in [-0.2, -0.15) is 0 Å². The van der Waals surface area contributed by atoms with Crippen molar-refractivity contribution in [1.29, 1.82) is 0 Å². The molecule has 32 heavy (non-hydrogen) atoms. The molecule has 0 aliphatic carbocycles. The molecule has 0 unspecified atom stereocenters. The molecule has 1 heterocycles. The van der Waals surface area contributed by atoms with Crippen LogP contribution in [0.1, 0.15) is 22.3 Å². The number of azo groups is 1. The lowest BCUT2D eigenvalue weighted by Crippen LogP contribution is -2.12. The van der Waals surface area contributed by atoms with Crippen molar-refractivity contribution >= 4 is 56.7 Å². The van der Waals surface area contributed by atoms with Crippen molar-refractivity contribution in [3.8, 4) is 5.88 Å². The first kappa shape index (κ1) is 21.7. The molecule has 0 aliphatic heterocycles. The van der Waals surface area contributed by atoms with Gasteiger partial charge in [0.1, 0.15) is 0 Å². The van der Waals surface area contributed by atoms with Crippen molar-refractivity contribution in [3.05, 3.63) is 87.5 Å². The maximum absolute atomic E-state index is 12.4. The number of carbonyl (C=O) groups excluding carboxylic acids is 2. The lowest BCUT2D eigenvalue weighted by molar-refractivity contribution is -0.116. The Hall–Kier alpha value is -3.53. The molecule has 4 rings (SSSR count). The number of aromatic hydroxyl groups is 1. The summed E-state index contributed by atoms with van der Waals surface area (Å²) in [6, 6.07) is 21.8. The Kier molecular flexibility index (Phi) is 6.60. The average Bonchev–Trinajstić information content (AvgIpc) is 3.11. The maximum atomic E-state index is 12.4. The van der Waals surface area contributed by atoms with Crippen LogP contribution in [-0.4, -0.2) is 21.9 Å². The normalized spacial score (nSPS) is 11.2. The number of hydrogen-bond donors (Lipinski definition) is 3. The molecule has 0 saturated heterocycles. The number of nitrogens with one attached hydrogen (secondary N) is 2. The van der Waals surface area contributed by atoms with Gasteiger partial charge in [0.25, 0.3) is 5.91 Å². The van der Waals surface area contributed by atoms with E-state index in [1.165, 1.54) is 0 Å². The number of fused-ring (bicyclic) bond motifs is 1. The quantitative estimate of drug-likeness (QED) is 0.208. The zero-order chi connectivity index (χ0) is 22.5. The van der Waals surface area contributed by atoms with E-state index in [1.54, 1.807) is 24.3 Å². The molecular weight excluding hydrogens is 519 g/mol. The van der Waals surface area contributed by atoms with Gasteiger partial charge in [-0.15, -0.1) is 10.2 Å². The number of rotatable bonds is 6. The highest BCUT2D eigenvalue weighted by Crippen LogP contribution is 2.36. The van der Waals surface area contributed by atoms with Crippen LogP contribution in [0, 0.1) is 3.57 Å². The van der Waals surface area contributed by atoms with Gasteiger partial charge < -0.3 is 15.4 Å². The molecular formula is C24H19IN4O3. The highest BCUT2D eigenvalue weighted by Gasteiger charge is 2.12. The SMILES string of the molecule is O=C(CCc1ccccc1)Nc1ccc(C(=O)N=Nc2c(O)[nH]c3ccc(I)cc23)cc1. The first-order valence-electron chi connectivity index (χ1n) is 9.90. The number of amides is 2. The van der Waals surface area contributed by atoms with Gasteiger partial charge in [0.15, 0.2) is 5.69 Å². The predicted molar refractivity (Wildman–Crippen MR) is 131 cm³/mol. The molecule has 3 aromatic carbocycles. The van der Waals surface area contributed by atoms with E-state index in [9.17, 15) is 14.7 Å². The van der Waals surface area contributed by atoms with Gasteiger partial charge in [-0.05, 0) is 77.0 Å². The molecule has 0 fully saturated rings. The van der Waals surface area contributed by atoms with Crippen molar-refractivity contribution in [2.24, 2.45) is 10.2 Å². The molecule has 8 heteroatoms. The fraction of sp³-hybridized carbons (Fsp3) is 0.0833. The Morgan fingerprint density at radius 2 is 1.75 bits per heavy atom. The Balaban J connectivity index is 1.38. The zero-order valence-electron chi connectivity index (χ0n) is 16.9. The van der Waals surface area contributed by atoms with Gasteiger partial charge in [-0.3, -0.25) is 9.59 Å². The molecule has 1 aromatic heterocycles. The molecule has 0 radical (unpaired) electrons. The van der Waals surface area contributed by atoms with Crippen LogP contribution in [0.3, 0.4) is 0 Å². The second-order valence-electron chi connectivity index (χ2n) is 7.13. The van der Waals surface area contributed by atoms with Crippen molar-refractivity contribution < 1.29 is 14.7 Å². The van der Waals surface area contributed by atoms with Gasteiger partial charge >= 0.3 is 0 Å². The Morgan fingerprint density at radius 3 is 2.50 bits per heavy atom. The Morgan fingerprint density at radius 1 is 1.00 bits per heavy atom. The number of nitrogens with zero attached hydrogens (tertiary/aromatic N) is 2. The summed E-state index contributed by atoms with van der Waals surface area (Å²) in [7, 11) is 0. The summed E-state index contributed by atoms with van der Waals surface area (Å²) in [4.78, 5) is 27.4. The molecule has 0 spiro atoms. The van der Waals surface area contributed by atoms with Gasteiger partial charge in [0, 0.05) is 26.6 Å². The number of halogens is 1. The van der Waals surface area contributed by atoms with E-state index in [1.807, 2.05) is 48.5 Å². The second kappa shape index (κ2) is 9.73. The van der Waals surface area contributed by atoms with E-state index >= 15 is 0 Å². The predicted octanol–water partition coefficient (Wildman–Crippen LogP) is 5.97. The molecule has 3 N–H and O–H groups in total. The van der Waals surface area contributed by atoms with E-state index in [0.717, 1.165) is 9.13 Å². The summed E-state index contributed by atoms with van der Waals surface area (Å²) in [5.41, 5.74) is 2.95. The summed E-state index contributed by atoms with van der Waals surface area (Å²) in [6.07, 6.45) is 1.02. The number of aryl methyl sites for hydroxylation is 1. The molecule has 0 aliphatic rings. The second-order valence-corrected chi connectivity index (χ2v) is 8.37. The topological polar surface area (TPSA) is 107 Å². The van der Waals surface area contributed by atoms with Gasteiger partial charge in [-0.1, -0.05) is 30.3 Å². The first-order valence-corrected chi connectivity index (χ1v) is 11.0. The van der Waals surface area contributed by atoms with Crippen LogP contribution in [-0.2, 0) is 11.2 Å². The van der Waals surface area contributed by atoms with Crippen LogP contribution in [0.5, 0.6) is 5.88 Å². The van der Waals surface area contributed by atoms with Crippen LogP contribution >= 0.6 is 22.6 Å². The smallest absolute Gasteiger partial charge is 0.295 e. The summed E-state index contributed by atoms with van der Waals surface area (Å²) < 4.78 is 0.971. The fourth-order valence-corrected chi connectivity index (χ4v) is 3.70. The molecule has 4 aromatic rings. The summed E-state index contributed by atoms with van der Waals surface area (Å²) in [6.45, 7) is 0. The van der Waals surface area contributed by atoms with Crippen molar-refractivity contribution in [2.45, 2.75) is 12.8 Å². The summed E-state index contributed by atoms with van der Waals surface area (Å²) in [5, 5.41) is 21.3. The highest BCUT2D eigenvalue weighted by molar-refractivity contribution is 14.1. The number of H-pyrrole nitrogens is 1. The van der Waals surface area contributed by atoms with Gasteiger partial charge in [0.05, 0.1) is 5.52 Å². The van der Waals surface area contributed by atoms with Crippen LogP contribution in [0.25, 0.3) is 10.9 Å². The zero-order valence-corrected chi connectivity index (χ0v) is 19.0. The third-order valence-corrected chi connectivity index (χ3v) is 5.53. The number of benzene rings is 3. The largest absolute Gasteiger partial charge is 0.493 e. The van der Waals surface area contributed by atoms with Crippen molar-refractivity contribution in [3.63, 3.8) is 0 Å². The molecule has 160 valence electrons. The van der Waals surface area contributed by atoms with Gasteiger partial charge in [-0.25, -0.2) is 0 Å². The van der Waals surface area contributed by atoms with E-state index in [2.05, 4.69) is 43.1 Å². The van der Waals surface area contributed by atoms with Crippen molar-refractivity contribution in [1.82, 2.24) is 4.98 Å². The number of aromatic nitrogens is 1. The molecule has 0 saturated carbocycles. The molecule has 7 nitrogen and oxygen atoms in total. The van der Waals surface area contributed by atoms with Crippen LogP contribution < -0.4 is 5.32 Å². The number of aromatic amines is 1. The maximum Gasteiger partial charge on any atom is 0.295 e. The molecule has 0 atom stereocenters. The minimum absolute atomic E-state index is 0.0999. The third-order valence-electron chi connectivity index (χ3n) is 4.85. The van der Waals surface area contributed by atoms with Crippen molar-refractivity contribution in [2.75, 3.05) is 5.32 Å². The number of hydrogen-bond acceptors (Lipinski definition) is 4. The summed E-state index contributed by atoms with van der Waals surface area (Å²) >= 11 is 2.16. The van der Waals surface area contributed by atoms with Crippen LogP contribution in [0.2, 0.25) is 0 Å². The van der Waals surface area contributed by atoms with Gasteiger partial charge in [0.2, 0.25) is 11.8 Å². The standard InChI is InChI=1S/C24H19IN4O3/c25-17-9-12-20-19(14-17)22(24(32)27-20)28-29-23(31)16-7-10-18(11-8-16)26-21(30)13-6-15-4-2-1-3-5-15/h1-5,7-12,14,27,32H,6,13H2,(H,26,30). The number of carbonyl (C=O) groups is 2. The lowest BCUT2D eigenvalue weighted by Gasteiger charge is -2.06. The average molecular weight is 538 g/mol. The highest BCUT2D eigenvalue weighted by atomic mass is 127. The van der Waals surface area contributed by atoms with Crippen LogP contribution in [0.4, 0.5) is 11.4 Å². The van der Waals surface area contributed by atoms with E-state index < -0.39 is 5.91 Å². The summed E-state index contributed by atoms with van der Waals surface area (Å²) in [5.74, 6) is -0.796. The third kappa shape index (κ3) is 5.20. The first-order chi connectivity index (χ1) is 15.5. The van der Waals surface area contributed by atoms with E-state index in [4.69, 9.17) is 0 Å². The minimum atomic E-state index is -0.550. The fourth-order valence-electron chi connectivity index (χ4n) is 3.21. The van der Waals surface area contributed by atoms with E-state index in [-0.39, 0.29) is 17.5 Å².